The van der Waals surface area contributed by atoms with Crippen LogP contribution in [0.5, 0.6) is 11.5 Å². The summed E-state index contributed by atoms with van der Waals surface area (Å²) in [5.41, 5.74) is 0.0322. The predicted molar refractivity (Wildman–Crippen MR) is 62.8 cm³/mol. The maximum Gasteiger partial charge on any atom is 0.173 e. The number of hydrogen-bond donors (Lipinski definition) is 0. The van der Waals surface area contributed by atoms with E-state index in [9.17, 15) is 18.0 Å². The van der Waals surface area contributed by atoms with Gasteiger partial charge >= 0.3 is 0 Å². The van der Waals surface area contributed by atoms with Crippen LogP contribution in [0.3, 0.4) is 0 Å². The van der Waals surface area contributed by atoms with E-state index in [1.807, 2.05) is 0 Å². The second-order valence-electron chi connectivity index (χ2n) is 3.85. The van der Waals surface area contributed by atoms with Gasteiger partial charge in [-0.05, 0) is 31.2 Å². The quantitative estimate of drug-likeness (QED) is 0.782. The number of rotatable bonds is 3. The van der Waals surface area contributed by atoms with E-state index in [1.54, 1.807) is 0 Å². The lowest BCUT2D eigenvalue weighted by molar-refractivity contribution is 0.101. The van der Waals surface area contributed by atoms with Gasteiger partial charge in [0.2, 0.25) is 0 Å². The molecule has 0 aliphatic heterocycles. The van der Waals surface area contributed by atoms with Crippen LogP contribution in [0.15, 0.2) is 36.4 Å². The van der Waals surface area contributed by atoms with Crippen LogP contribution < -0.4 is 4.74 Å². The van der Waals surface area contributed by atoms with Crippen molar-refractivity contribution >= 4 is 5.78 Å². The van der Waals surface area contributed by atoms with Crippen molar-refractivity contribution < 1.29 is 22.7 Å². The molecule has 0 saturated heterocycles. The fraction of sp³-hybridized carbons (Fsp3) is 0.0714. The molecule has 0 atom stereocenters. The minimum absolute atomic E-state index is 0.0322. The van der Waals surface area contributed by atoms with Crippen LogP contribution in [-0.2, 0) is 0 Å². The monoisotopic (exact) mass is 266 g/mol. The molecular formula is C14H9F3O2. The Morgan fingerprint density at radius 3 is 2.37 bits per heavy atom. The zero-order valence-corrected chi connectivity index (χ0v) is 9.91. The van der Waals surface area contributed by atoms with Gasteiger partial charge in [0.05, 0.1) is 5.56 Å². The third-order valence-electron chi connectivity index (χ3n) is 2.46. The lowest BCUT2D eigenvalue weighted by Gasteiger charge is -2.10. The van der Waals surface area contributed by atoms with E-state index in [1.165, 1.54) is 19.1 Å². The van der Waals surface area contributed by atoms with Crippen LogP contribution in [0.4, 0.5) is 13.2 Å². The summed E-state index contributed by atoms with van der Waals surface area (Å²) in [6.45, 7) is 1.26. The Balaban J connectivity index is 2.42. The first kappa shape index (κ1) is 13.1. The zero-order valence-electron chi connectivity index (χ0n) is 9.91. The molecular weight excluding hydrogens is 257 g/mol. The normalized spacial score (nSPS) is 10.3. The molecule has 2 aromatic carbocycles. The molecule has 19 heavy (non-hydrogen) atoms. The van der Waals surface area contributed by atoms with E-state index in [0.29, 0.717) is 0 Å². The van der Waals surface area contributed by atoms with Crippen LogP contribution in [0, 0.1) is 17.5 Å². The molecule has 5 heteroatoms. The summed E-state index contributed by atoms with van der Waals surface area (Å²) in [5, 5.41) is 0. The number of carbonyl (C=O) groups is 1. The van der Waals surface area contributed by atoms with E-state index < -0.39 is 23.2 Å². The molecule has 0 saturated carbocycles. The van der Waals surface area contributed by atoms with Gasteiger partial charge in [-0.2, -0.15) is 0 Å². The van der Waals surface area contributed by atoms with Gasteiger partial charge in [0.15, 0.2) is 29.0 Å². The van der Waals surface area contributed by atoms with Gasteiger partial charge in [0.25, 0.3) is 0 Å². The number of hydrogen-bond acceptors (Lipinski definition) is 2. The highest BCUT2D eigenvalue weighted by atomic mass is 19.2. The van der Waals surface area contributed by atoms with Crippen molar-refractivity contribution in [2.45, 2.75) is 6.92 Å². The zero-order chi connectivity index (χ0) is 14.0. The molecule has 0 spiro atoms. The number of carbonyl (C=O) groups excluding carboxylic acids is 1. The van der Waals surface area contributed by atoms with Gasteiger partial charge in [-0.15, -0.1) is 0 Å². The molecule has 0 aliphatic rings. The minimum Gasteiger partial charge on any atom is -0.453 e. The van der Waals surface area contributed by atoms with Crippen molar-refractivity contribution in [3.8, 4) is 11.5 Å². The van der Waals surface area contributed by atoms with Gasteiger partial charge in [-0.1, -0.05) is 6.07 Å². The second kappa shape index (κ2) is 5.14. The average molecular weight is 266 g/mol. The Hall–Kier alpha value is -2.30. The number of ether oxygens (including phenoxy) is 1. The largest absolute Gasteiger partial charge is 0.453 e. The fourth-order valence-electron chi connectivity index (χ4n) is 1.55. The van der Waals surface area contributed by atoms with Crippen LogP contribution >= 0.6 is 0 Å². The molecule has 0 N–H and O–H groups in total. The molecule has 0 amide bonds. The van der Waals surface area contributed by atoms with Gasteiger partial charge in [-0.3, -0.25) is 4.79 Å². The van der Waals surface area contributed by atoms with Crippen molar-refractivity contribution in [3.63, 3.8) is 0 Å². The van der Waals surface area contributed by atoms with Gasteiger partial charge < -0.3 is 4.74 Å². The Bertz CT molecular complexity index is 639. The highest BCUT2D eigenvalue weighted by Gasteiger charge is 2.15. The Kier molecular flexibility index (Phi) is 3.55. The first-order valence-corrected chi connectivity index (χ1v) is 5.41. The Morgan fingerprint density at radius 1 is 1.00 bits per heavy atom. The van der Waals surface area contributed by atoms with E-state index in [0.717, 1.165) is 24.3 Å². The predicted octanol–water partition coefficient (Wildman–Crippen LogP) is 4.10. The van der Waals surface area contributed by atoms with Crippen molar-refractivity contribution in [2.75, 3.05) is 0 Å². The molecule has 0 radical (unpaired) electrons. The smallest absolute Gasteiger partial charge is 0.173 e. The summed E-state index contributed by atoms with van der Waals surface area (Å²) in [4.78, 5) is 11.3. The van der Waals surface area contributed by atoms with E-state index in [2.05, 4.69) is 0 Å². The first-order valence-electron chi connectivity index (χ1n) is 5.41. The summed E-state index contributed by atoms with van der Waals surface area (Å²) in [6.07, 6.45) is 0. The van der Waals surface area contributed by atoms with Crippen molar-refractivity contribution in [3.05, 3.63) is 59.4 Å². The minimum atomic E-state index is -1.11. The molecule has 0 aliphatic carbocycles. The molecule has 98 valence electrons. The fourth-order valence-corrected chi connectivity index (χ4v) is 1.55. The molecule has 2 rings (SSSR count). The number of benzene rings is 2. The number of Topliss-reactive ketones (excluding diaryl/α,β-unsaturated/α-hetero) is 1. The van der Waals surface area contributed by atoms with Crippen LogP contribution in [0.2, 0.25) is 0 Å². The number of halogens is 3. The van der Waals surface area contributed by atoms with Gasteiger partial charge in [0, 0.05) is 6.07 Å². The highest BCUT2D eigenvalue weighted by molar-refractivity contribution is 5.96. The van der Waals surface area contributed by atoms with Crippen LogP contribution in [0.25, 0.3) is 0 Å². The Morgan fingerprint density at radius 2 is 1.74 bits per heavy atom. The lowest BCUT2D eigenvalue weighted by Crippen LogP contribution is -2.00. The first-order chi connectivity index (χ1) is 8.99. The van der Waals surface area contributed by atoms with Crippen molar-refractivity contribution in [2.24, 2.45) is 0 Å². The van der Waals surface area contributed by atoms with E-state index in [4.69, 9.17) is 4.74 Å². The maximum atomic E-state index is 13.6. The number of ketones is 1. The van der Waals surface area contributed by atoms with Gasteiger partial charge in [-0.25, -0.2) is 13.2 Å². The molecule has 2 nitrogen and oxygen atoms in total. The molecule has 0 aromatic heterocycles. The number of para-hydroxylation sites is 1. The molecule has 0 unspecified atom stereocenters. The van der Waals surface area contributed by atoms with Crippen LogP contribution in [0.1, 0.15) is 17.3 Å². The topological polar surface area (TPSA) is 26.3 Å². The summed E-state index contributed by atoms with van der Waals surface area (Å²) in [7, 11) is 0. The molecule has 0 fully saturated rings. The van der Waals surface area contributed by atoms with E-state index in [-0.39, 0.29) is 17.1 Å². The SMILES string of the molecule is CC(=O)c1cccc(F)c1Oc1ccc(F)c(F)c1. The maximum absolute atomic E-state index is 13.6. The summed E-state index contributed by atoms with van der Waals surface area (Å²) in [6, 6.07) is 6.66. The van der Waals surface area contributed by atoms with Gasteiger partial charge in [0.1, 0.15) is 5.75 Å². The summed E-state index contributed by atoms with van der Waals surface area (Å²) < 4.78 is 44.6. The average Bonchev–Trinajstić information content (AvgIpc) is 2.36. The Labute approximate surface area is 107 Å². The third-order valence-corrected chi connectivity index (χ3v) is 2.46. The third kappa shape index (κ3) is 2.76. The molecule has 0 bridgehead atoms. The van der Waals surface area contributed by atoms with Crippen molar-refractivity contribution in [1.82, 2.24) is 0 Å². The van der Waals surface area contributed by atoms with E-state index >= 15 is 0 Å². The summed E-state index contributed by atoms with van der Waals surface area (Å²) >= 11 is 0. The summed E-state index contributed by atoms with van der Waals surface area (Å²) in [5.74, 6) is -3.69. The standard InChI is InChI=1S/C14H9F3O2/c1-8(18)10-3-2-4-12(16)14(10)19-9-5-6-11(15)13(17)7-9/h2-7H,1H3. The lowest BCUT2D eigenvalue weighted by atomic mass is 10.1. The molecule has 2 aromatic rings. The highest BCUT2D eigenvalue weighted by Crippen LogP contribution is 2.29. The van der Waals surface area contributed by atoms with Crippen LogP contribution in [-0.4, -0.2) is 5.78 Å². The molecule has 0 heterocycles. The van der Waals surface area contributed by atoms with Crippen molar-refractivity contribution in [1.29, 1.82) is 0 Å². The second-order valence-corrected chi connectivity index (χ2v) is 3.85.